The van der Waals surface area contributed by atoms with E-state index < -0.39 is 0 Å². The van der Waals surface area contributed by atoms with Crippen molar-refractivity contribution in [2.24, 2.45) is 7.05 Å². The van der Waals surface area contributed by atoms with Crippen LogP contribution in [-0.2, 0) is 13.6 Å². The van der Waals surface area contributed by atoms with E-state index >= 15 is 0 Å². The summed E-state index contributed by atoms with van der Waals surface area (Å²) in [6.45, 7) is 3.05. The molecule has 0 aromatic carbocycles. The van der Waals surface area contributed by atoms with Crippen molar-refractivity contribution in [1.82, 2.24) is 34.5 Å². The second-order valence-electron chi connectivity index (χ2n) is 5.97. The molecule has 1 aliphatic rings. The standard InChI is InChI=1S/C15H23N7O/c1-20-12-18-19-14(20)13-4-2-8-22(10-13)15(23)17-5-3-7-21-9-6-16-11-21/h6,9,11-13H,2-5,7-8,10H2,1H3,(H,17,23)/t13-/m1/s1. The van der Waals surface area contributed by atoms with Gasteiger partial charge in [0.15, 0.2) is 0 Å². The fraction of sp³-hybridized carbons (Fsp3) is 0.600. The number of carbonyl (C=O) groups is 1. The van der Waals surface area contributed by atoms with E-state index in [9.17, 15) is 4.79 Å². The Balaban J connectivity index is 1.44. The molecule has 1 N–H and O–H groups in total. The van der Waals surface area contributed by atoms with Gasteiger partial charge >= 0.3 is 6.03 Å². The minimum Gasteiger partial charge on any atom is -0.338 e. The van der Waals surface area contributed by atoms with Gasteiger partial charge in [-0.3, -0.25) is 0 Å². The summed E-state index contributed by atoms with van der Waals surface area (Å²) in [5, 5.41) is 11.1. The van der Waals surface area contributed by atoms with Crippen molar-refractivity contribution in [3.63, 3.8) is 0 Å². The zero-order valence-corrected chi connectivity index (χ0v) is 13.4. The number of aryl methyl sites for hydroxylation is 2. The summed E-state index contributed by atoms with van der Waals surface area (Å²) in [7, 11) is 1.95. The lowest BCUT2D eigenvalue weighted by Crippen LogP contribution is -2.45. The summed E-state index contributed by atoms with van der Waals surface area (Å²) < 4.78 is 3.95. The van der Waals surface area contributed by atoms with Gasteiger partial charge in [0, 0.05) is 51.5 Å². The van der Waals surface area contributed by atoms with Crippen LogP contribution >= 0.6 is 0 Å². The van der Waals surface area contributed by atoms with E-state index in [-0.39, 0.29) is 11.9 Å². The first kappa shape index (κ1) is 15.5. The molecule has 0 saturated carbocycles. The Morgan fingerprint density at radius 3 is 3.09 bits per heavy atom. The highest BCUT2D eigenvalue weighted by molar-refractivity contribution is 5.74. The number of imidazole rings is 1. The normalized spacial score (nSPS) is 18.1. The largest absolute Gasteiger partial charge is 0.338 e. The number of carbonyl (C=O) groups excluding carboxylic acids is 1. The van der Waals surface area contributed by atoms with Gasteiger partial charge in [0.1, 0.15) is 12.2 Å². The number of hydrogen-bond donors (Lipinski definition) is 1. The van der Waals surface area contributed by atoms with Crippen molar-refractivity contribution in [2.45, 2.75) is 31.7 Å². The Morgan fingerprint density at radius 1 is 1.43 bits per heavy atom. The Bertz CT molecular complexity index is 622. The molecule has 0 unspecified atom stereocenters. The summed E-state index contributed by atoms with van der Waals surface area (Å²) in [6, 6.07) is 0.0162. The number of likely N-dealkylation sites (tertiary alicyclic amines) is 1. The molecule has 1 aliphatic heterocycles. The summed E-state index contributed by atoms with van der Waals surface area (Å²) in [5.74, 6) is 1.23. The number of nitrogens with zero attached hydrogens (tertiary/aromatic N) is 6. The lowest BCUT2D eigenvalue weighted by atomic mass is 9.97. The summed E-state index contributed by atoms with van der Waals surface area (Å²) >= 11 is 0. The topological polar surface area (TPSA) is 80.9 Å². The van der Waals surface area contributed by atoms with Gasteiger partial charge in [0.2, 0.25) is 0 Å². The molecule has 1 atom stereocenters. The molecule has 2 amide bonds. The molecular formula is C15H23N7O. The molecule has 23 heavy (non-hydrogen) atoms. The van der Waals surface area contributed by atoms with E-state index in [0.717, 1.165) is 38.2 Å². The molecule has 1 fully saturated rings. The number of amides is 2. The molecule has 0 bridgehead atoms. The van der Waals surface area contributed by atoms with Crippen LogP contribution in [0.1, 0.15) is 31.0 Å². The average molecular weight is 317 g/mol. The molecule has 8 nitrogen and oxygen atoms in total. The maximum atomic E-state index is 12.3. The van der Waals surface area contributed by atoms with Gasteiger partial charge in [-0.05, 0) is 19.3 Å². The molecule has 2 aromatic rings. The minimum atomic E-state index is 0.0162. The summed E-state index contributed by atoms with van der Waals surface area (Å²) in [4.78, 5) is 18.2. The first-order chi connectivity index (χ1) is 11.2. The van der Waals surface area contributed by atoms with E-state index in [1.807, 2.05) is 27.3 Å². The van der Waals surface area contributed by atoms with E-state index in [1.165, 1.54) is 0 Å². The van der Waals surface area contributed by atoms with Gasteiger partial charge in [0.25, 0.3) is 0 Å². The van der Waals surface area contributed by atoms with Crippen molar-refractivity contribution in [1.29, 1.82) is 0 Å². The average Bonchev–Trinajstić information content (AvgIpc) is 3.23. The van der Waals surface area contributed by atoms with Crippen molar-refractivity contribution < 1.29 is 4.79 Å². The number of piperidine rings is 1. The third-order valence-corrected chi connectivity index (χ3v) is 4.25. The molecule has 124 valence electrons. The fourth-order valence-corrected chi connectivity index (χ4v) is 3.02. The second-order valence-corrected chi connectivity index (χ2v) is 5.97. The molecule has 0 radical (unpaired) electrons. The van der Waals surface area contributed by atoms with Crippen LogP contribution < -0.4 is 5.32 Å². The van der Waals surface area contributed by atoms with Crippen LogP contribution in [-0.4, -0.2) is 54.9 Å². The number of hydrogen-bond acceptors (Lipinski definition) is 4. The van der Waals surface area contributed by atoms with E-state index in [1.54, 1.807) is 18.9 Å². The molecule has 1 saturated heterocycles. The predicted octanol–water partition coefficient (Wildman–Crippen LogP) is 0.991. The quantitative estimate of drug-likeness (QED) is 0.834. The van der Waals surface area contributed by atoms with Crippen molar-refractivity contribution in [3.05, 3.63) is 30.9 Å². The van der Waals surface area contributed by atoms with Crippen LogP contribution in [0.4, 0.5) is 4.79 Å². The summed E-state index contributed by atoms with van der Waals surface area (Å²) in [6.07, 6.45) is 10.1. The first-order valence-corrected chi connectivity index (χ1v) is 8.06. The zero-order chi connectivity index (χ0) is 16.1. The molecule has 3 rings (SSSR count). The molecular weight excluding hydrogens is 294 g/mol. The van der Waals surface area contributed by atoms with Crippen LogP contribution in [0, 0.1) is 0 Å². The first-order valence-electron chi connectivity index (χ1n) is 8.06. The van der Waals surface area contributed by atoms with Gasteiger partial charge in [0.05, 0.1) is 6.33 Å². The van der Waals surface area contributed by atoms with E-state index in [0.29, 0.717) is 13.1 Å². The molecule has 3 heterocycles. The van der Waals surface area contributed by atoms with Gasteiger partial charge in [-0.25, -0.2) is 9.78 Å². The highest BCUT2D eigenvalue weighted by Gasteiger charge is 2.27. The second kappa shape index (κ2) is 7.26. The molecule has 0 spiro atoms. The maximum Gasteiger partial charge on any atom is 0.317 e. The Labute approximate surface area is 135 Å². The smallest absolute Gasteiger partial charge is 0.317 e. The minimum absolute atomic E-state index is 0.0162. The van der Waals surface area contributed by atoms with Gasteiger partial charge < -0.3 is 19.4 Å². The number of urea groups is 1. The SMILES string of the molecule is Cn1cnnc1[C@@H]1CCCN(C(=O)NCCCn2ccnc2)C1. The van der Waals surface area contributed by atoms with Crippen LogP contribution in [0.15, 0.2) is 25.0 Å². The molecule has 0 aliphatic carbocycles. The van der Waals surface area contributed by atoms with Crippen molar-refractivity contribution in [3.8, 4) is 0 Å². The highest BCUT2D eigenvalue weighted by Crippen LogP contribution is 2.24. The van der Waals surface area contributed by atoms with Crippen LogP contribution in [0.3, 0.4) is 0 Å². The summed E-state index contributed by atoms with van der Waals surface area (Å²) in [5.41, 5.74) is 0. The molecule has 8 heteroatoms. The Kier molecular flexibility index (Phi) is 4.89. The Morgan fingerprint density at radius 2 is 2.35 bits per heavy atom. The third-order valence-electron chi connectivity index (χ3n) is 4.25. The Hall–Kier alpha value is -2.38. The van der Waals surface area contributed by atoms with Crippen molar-refractivity contribution >= 4 is 6.03 Å². The molecule has 2 aromatic heterocycles. The van der Waals surface area contributed by atoms with Gasteiger partial charge in [-0.15, -0.1) is 10.2 Å². The highest BCUT2D eigenvalue weighted by atomic mass is 16.2. The maximum absolute atomic E-state index is 12.3. The van der Waals surface area contributed by atoms with E-state index in [2.05, 4.69) is 20.5 Å². The van der Waals surface area contributed by atoms with Gasteiger partial charge in [-0.1, -0.05) is 0 Å². The van der Waals surface area contributed by atoms with Crippen LogP contribution in [0.5, 0.6) is 0 Å². The lowest BCUT2D eigenvalue weighted by Gasteiger charge is -2.32. The number of nitrogens with one attached hydrogen (secondary N) is 1. The van der Waals surface area contributed by atoms with Crippen LogP contribution in [0.2, 0.25) is 0 Å². The van der Waals surface area contributed by atoms with E-state index in [4.69, 9.17) is 0 Å². The number of aromatic nitrogens is 5. The monoisotopic (exact) mass is 317 g/mol. The lowest BCUT2D eigenvalue weighted by molar-refractivity contribution is 0.177. The zero-order valence-electron chi connectivity index (χ0n) is 13.4. The van der Waals surface area contributed by atoms with Crippen molar-refractivity contribution in [2.75, 3.05) is 19.6 Å². The predicted molar refractivity (Wildman–Crippen MR) is 84.8 cm³/mol. The third kappa shape index (κ3) is 3.88. The fourth-order valence-electron chi connectivity index (χ4n) is 3.02. The van der Waals surface area contributed by atoms with Gasteiger partial charge in [-0.2, -0.15) is 0 Å². The van der Waals surface area contributed by atoms with Crippen LogP contribution in [0.25, 0.3) is 0 Å². The number of rotatable bonds is 5.